The molecule has 5 heteroatoms. The van der Waals surface area contributed by atoms with Gasteiger partial charge in [0.1, 0.15) is 0 Å². The van der Waals surface area contributed by atoms with Crippen LogP contribution in [0.2, 0.25) is 0 Å². The lowest BCUT2D eigenvalue weighted by Crippen LogP contribution is -2.35. The molecule has 100 valence electrons. The predicted molar refractivity (Wildman–Crippen MR) is 70.3 cm³/mol. The molecule has 2 rings (SSSR count). The molecule has 1 unspecified atom stereocenters. The molecule has 0 radical (unpaired) electrons. The molecule has 0 bridgehead atoms. The van der Waals surface area contributed by atoms with Crippen molar-refractivity contribution in [3.63, 3.8) is 0 Å². The van der Waals surface area contributed by atoms with Crippen LogP contribution in [0.3, 0.4) is 0 Å². The largest absolute Gasteiger partial charge is 0.481 e. The molecule has 2 heterocycles. The van der Waals surface area contributed by atoms with Crippen molar-refractivity contribution in [3.8, 4) is 0 Å². The highest BCUT2D eigenvalue weighted by Crippen LogP contribution is 2.20. The third kappa shape index (κ3) is 3.64. The first-order chi connectivity index (χ1) is 9.16. The number of carboxylic acids is 1. The lowest BCUT2D eigenvalue weighted by Gasteiger charge is -2.21. The molecule has 0 spiro atoms. The summed E-state index contributed by atoms with van der Waals surface area (Å²) in [7, 11) is 0. The van der Waals surface area contributed by atoms with E-state index in [4.69, 9.17) is 5.11 Å². The molecule has 1 amide bonds. The van der Waals surface area contributed by atoms with Gasteiger partial charge in [0.05, 0.1) is 6.42 Å². The van der Waals surface area contributed by atoms with Gasteiger partial charge in [-0.05, 0) is 30.5 Å². The Morgan fingerprint density at radius 3 is 3.05 bits per heavy atom. The number of carboxylic acid groups (broad SMARTS) is 1. The van der Waals surface area contributed by atoms with Gasteiger partial charge in [0.15, 0.2) is 0 Å². The van der Waals surface area contributed by atoms with E-state index in [2.05, 4.69) is 4.98 Å². The van der Waals surface area contributed by atoms with Gasteiger partial charge in [-0.1, -0.05) is 6.07 Å². The molecular formula is C14H16N2O3. The maximum absolute atomic E-state index is 12.0. The smallest absolute Gasteiger partial charge is 0.305 e. The average Bonchev–Trinajstić information content (AvgIpc) is 2.84. The van der Waals surface area contributed by atoms with Crippen LogP contribution in [0.25, 0.3) is 6.08 Å². The monoisotopic (exact) mass is 260 g/mol. The first-order valence-electron chi connectivity index (χ1n) is 6.27. The fourth-order valence-electron chi connectivity index (χ4n) is 2.28. The Kier molecular flexibility index (Phi) is 4.28. The van der Waals surface area contributed by atoms with Crippen LogP contribution in [0.4, 0.5) is 0 Å². The minimum Gasteiger partial charge on any atom is -0.481 e. The van der Waals surface area contributed by atoms with Crippen molar-refractivity contribution < 1.29 is 14.7 Å². The lowest BCUT2D eigenvalue weighted by molar-refractivity contribution is -0.139. The zero-order chi connectivity index (χ0) is 13.7. The zero-order valence-corrected chi connectivity index (χ0v) is 10.5. The van der Waals surface area contributed by atoms with Crippen molar-refractivity contribution in [3.05, 3.63) is 36.2 Å². The summed E-state index contributed by atoms with van der Waals surface area (Å²) in [4.78, 5) is 28.4. The molecule has 5 nitrogen and oxygen atoms in total. The molecule has 0 aliphatic carbocycles. The second-order valence-corrected chi connectivity index (χ2v) is 4.55. The van der Waals surface area contributed by atoms with E-state index in [1.54, 1.807) is 29.4 Å². The Bertz CT molecular complexity index is 485. The van der Waals surface area contributed by atoms with Crippen LogP contribution in [-0.4, -0.2) is 39.5 Å². The average molecular weight is 260 g/mol. The summed E-state index contributed by atoms with van der Waals surface area (Å²) in [5.74, 6) is -0.992. The standard InChI is InChI=1S/C14H16N2O3/c17-13(6-5-11-3-1-7-15-10-11)16-8-2-4-12(16)9-14(18)19/h1,3,5-7,10,12H,2,4,8-9H2,(H,18,19)/b6-5+. The van der Waals surface area contributed by atoms with Gasteiger partial charge in [-0.15, -0.1) is 0 Å². The maximum Gasteiger partial charge on any atom is 0.305 e. The molecule has 1 fully saturated rings. The summed E-state index contributed by atoms with van der Waals surface area (Å²) in [6.07, 6.45) is 8.17. The highest BCUT2D eigenvalue weighted by Gasteiger charge is 2.28. The van der Waals surface area contributed by atoms with Gasteiger partial charge in [0.2, 0.25) is 5.91 Å². The van der Waals surface area contributed by atoms with Crippen molar-refractivity contribution in [2.75, 3.05) is 6.54 Å². The quantitative estimate of drug-likeness (QED) is 0.834. The lowest BCUT2D eigenvalue weighted by atomic mass is 10.1. The molecule has 1 aromatic heterocycles. The summed E-state index contributed by atoms with van der Waals surface area (Å²) in [5, 5.41) is 8.82. The number of nitrogens with zero attached hydrogens (tertiary/aromatic N) is 2. The van der Waals surface area contributed by atoms with Gasteiger partial charge in [-0.25, -0.2) is 0 Å². The van der Waals surface area contributed by atoms with E-state index < -0.39 is 5.97 Å². The van der Waals surface area contributed by atoms with E-state index in [1.807, 2.05) is 6.07 Å². The van der Waals surface area contributed by atoms with Crippen LogP contribution in [0.5, 0.6) is 0 Å². The number of rotatable bonds is 4. The van der Waals surface area contributed by atoms with Gasteiger partial charge in [-0.2, -0.15) is 0 Å². The van der Waals surface area contributed by atoms with E-state index in [1.165, 1.54) is 6.08 Å². The zero-order valence-electron chi connectivity index (χ0n) is 10.5. The summed E-state index contributed by atoms with van der Waals surface area (Å²) >= 11 is 0. The molecule has 1 saturated heterocycles. The third-order valence-electron chi connectivity index (χ3n) is 3.17. The number of aliphatic carboxylic acids is 1. The van der Waals surface area contributed by atoms with E-state index in [9.17, 15) is 9.59 Å². The summed E-state index contributed by atoms with van der Waals surface area (Å²) in [6, 6.07) is 3.48. The topological polar surface area (TPSA) is 70.5 Å². The molecule has 0 aromatic carbocycles. The number of likely N-dealkylation sites (tertiary alicyclic amines) is 1. The van der Waals surface area contributed by atoms with Crippen molar-refractivity contribution >= 4 is 18.0 Å². The van der Waals surface area contributed by atoms with Crippen LogP contribution in [-0.2, 0) is 9.59 Å². The predicted octanol–water partition coefficient (Wildman–Crippen LogP) is 1.56. The van der Waals surface area contributed by atoms with Gasteiger partial charge < -0.3 is 10.0 Å². The number of hydrogen-bond acceptors (Lipinski definition) is 3. The second-order valence-electron chi connectivity index (χ2n) is 4.55. The first-order valence-corrected chi connectivity index (χ1v) is 6.27. The second kappa shape index (κ2) is 6.13. The number of aromatic nitrogens is 1. The van der Waals surface area contributed by atoms with Crippen LogP contribution in [0, 0.1) is 0 Å². The van der Waals surface area contributed by atoms with Crippen LogP contribution in [0.15, 0.2) is 30.6 Å². The van der Waals surface area contributed by atoms with Gasteiger partial charge >= 0.3 is 5.97 Å². The Labute approximate surface area is 111 Å². The van der Waals surface area contributed by atoms with Crippen LogP contribution >= 0.6 is 0 Å². The Morgan fingerprint density at radius 2 is 2.37 bits per heavy atom. The fraction of sp³-hybridized carbons (Fsp3) is 0.357. The minimum atomic E-state index is -0.860. The molecule has 1 atom stereocenters. The van der Waals surface area contributed by atoms with Gasteiger partial charge in [0.25, 0.3) is 0 Å². The normalized spacial score (nSPS) is 18.9. The SMILES string of the molecule is O=C(O)CC1CCCN1C(=O)/C=C/c1cccnc1. The third-order valence-corrected chi connectivity index (χ3v) is 3.17. The highest BCUT2D eigenvalue weighted by molar-refractivity contribution is 5.92. The first kappa shape index (κ1) is 13.3. The van der Waals surface area contributed by atoms with E-state index >= 15 is 0 Å². The van der Waals surface area contributed by atoms with E-state index in [0.717, 1.165) is 18.4 Å². The van der Waals surface area contributed by atoms with Gasteiger partial charge in [-0.3, -0.25) is 14.6 Å². The van der Waals surface area contributed by atoms with Crippen molar-refractivity contribution in [2.24, 2.45) is 0 Å². The molecule has 1 aliphatic rings. The highest BCUT2D eigenvalue weighted by atomic mass is 16.4. The number of amides is 1. The van der Waals surface area contributed by atoms with E-state index in [-0.39, 0.29) is 18.4 Å². The molecule has 0 saturated carbocycles. The van der Waals surface area contributed by atoms with Crippen LogP contribution in [0.1, 0.15) is 24.8 Å². The Morgan fingerprint density at radius 1 is 1.53 bits per heavy atom. The van der Waals surface area contributed by atoms with Crippen molar-refractivity contribution in [1.82, 2.24) is 9.88 Å². The van der Waals surface area contributed by atoms with E-state index in [0.29, 0.717) is 6.54 Å². The van der Waals surface area contributed by atoms with Crippen molar-refractivity contribution in [1.29, 1.82) is 0 Å². The Balaban J connectivity index is 1.99. The number of pyridine rings is 1. The fourth-order valence-corrected chi connectivity index (χ4v) is 2.28. The molecular weight excluding hydrogens is 244 g/mol. The Hall–Kier alpha value is -2.17. The molecule has 1 aliphatic heterocycles. The summed E-state index contributed by atoms with van der Waals surface area (Å²) in [6.45, 7) is 0.633. The van der Waals surface area contributed by atoms with Crippen molar-refractivity contribution in [2.45, 2.75) is 25.3 Å². The summed E-state index contributed by atoms with van der Waals surface area (Å²) in [5.41, 5.74) is 0.852. The number of hydrogen-bond donors (Lipinski definition) is 1. The van der Waals surface area contributed by atoms with Crippen LogP contribution < -0.4 is 0 Å². The number of carbonyl (C=O) groups is 2. The molecule has 1 aromatic rings. The van der Waals surface area contributed by atoms with Gasteiger partial charge in [0, 0.05) is 31.1 Å². The maximum atomic E-state index is 12.0. The summed E-state index contributed by atoms with van der Waals surface area (Å²) < 4.78 is 0. The minimum absolute atomic E-state index is 0.0203. The molecule has 1 N–H and O–H groups in total. The molecule has 19 heavy (non-hydrogen) atoms. The number of carbonyl (C=O) groups excluding carboxylic acids is 1.